The SMILES string of the molecule is CC(C)(C)OC(=O)N1CCCC(NCc2c[nH]c3ncccc23)C1. The Hall–Kier alpha value is -2.08. The zero-order valence-electron chi connectivity index (χ0n) is 14.6. The molecule has 0 aromatic carbocycles. The second kappa shape index (κ2) is 6.81. The molecule has 1 aliphatic heterocycles. The number of piperidine rings is 1. The van der Waals surface area contributed by atoms with Crippen molar-refractivity contribution in [3.05, 3.63) is 30.1 Å². The zero-order valence-corrected chi connectivity index (χ0v) is 14.6. The number of aromatic nitrogens is 2. The Balaban J connectivity index is 1.57. The van der Waals surface area contributed by atoms with Crippen LogP contribution in [0.3, 0.4) is 0 Å². The quantitative estimate of drug-likeness (QED) is 0.907. The van der Waals surface area contributed by atoms with E-state index in [4.69, 9.17) is 4.74 Å². The average Bonchev–Trinajstić information content (AvgIpc) is 2.95. The van der Waals surface area contributed by atoms with Crippen LogP contribution in [-0.2, 0) is 11.3 Å². The highest BCUT2D eigenvalue weighted by Gasteiger charge is 2.27. The van der Waals surface area contributed by atoms with Crippen molar-refractivity contribution in [3.63, 3.8) is 0 Å². The maximum absolute atomic E-state index is 12.2. The van der Waals surface area contributed by atoms with Gasteiger partial charge in [0.15, 0.2) is 0 Å². The lowest BCUT2D eigenvalue weighted by molar-refractivity contribution is 0.0187. The lowest BCUT2D eigenvalue weighted by Gasteiger charge is -2.34. The maximum Gasteiger partial charge on any atom is 0.410 e. The summed E-state index contributed by atoms with van der Waals surface area (Å²) in [6, 6.07) is 4.31. The summed E-state index contributed by atoms with van der Waals surface area (Å²) in [6.07, 6.45) is 5.63. The molecule has 1 saturated heterocycles. The molecule has 1 aliphatic rings. The molecule has 0 spiro atoms. The summed E-state index contributed by atoms with van der Waals surface area (Å²) in [4.78, 5) is 21.5. The number of nitrogens with one attached hydrogen (secondary N) is 2. The van der Waals surface area contributed by atoms with Crippen LogP contribution in [0.4, 0.5) is 4.79 Å². The van der Waals surface area contributed by atoms with Gasteiger partial charge in [0.1, 0.15) is 11.2 Å². The molecule has 2 aromatic rings. The highest BCUT2D eigenvalue weighted by atomic mass is 16.6. The predicted molar refractivity (Wildman–Crippen MR) is 93.8 cm³/mol. The van der Waals surface area contributed by atoms with Crippen LogP contribution in [0.25, 0.3) is 11.0 Å². The van der Waals surface area contributed by atoms with Gasteiger partial charge in [-0.2, -0.15) is 0 Å². The van der Waals surface area contributed by atoms with Crippen LogP contribution in [0, 0.1) is 0 Å². The molecule has 0 bridgehead atoms. The minimum absolute atomic E-state index is 0.217. The van der Waals surface area contributed by atoms with E-state index in [-0.39, 0.29) is 12.1 Å². The summed E-state index contributed by atoms with van der Waals surface area (Å²) in [5.41, 5.74) is 1.66. The molecule has 3 heterocycles. The first-order valence-corrected chi connectivity index (χ1v) is 8.55. The second-order valence-electron chi connectivity index (χ2n) is 7.36. The monoisotopic (exact) mass is 330 g/mol. The van der Waals surface area contributed by atoms with Crippen molar-refractivity contribution >= 4 is 17.1 Å². The van der Waals surface area contributed by atoms with Crippen LogP contribution < -0.4 is 5.32 Å². The third-order valence-corrected chi connectivity index (χ3v) is 4.19. The summed E-state index contributed by atoms with van der Waals surface area (Å²) in [6.45, 7) is 7.92. The van der Waals surface area contributed by atoms with Gasteiger partial charge in [0.05, 0.1) is 0 Å². The van der Waals surface area contributed by atoms with Gasteiger partial charge in [0, 0.05) is 43.5 Å². The fourth-order valence-electron chi connectivity index (χ4n) is 3.05. The normalized spacial score (nSPS) is 18.8. The number of amides is 1. The maximum atomic E-state index is 12.2. The third kappa shape index (κ3) is 4.06. The van der Waals surface area contributed by atoms with E-state index in [1.165, 1.54) is 5.56 Å². The molecule has 2 N–H and O–H groups in total. The van der Waals surface area contributed by atoms with Gasteiger partial charge in [0.25, 0.3) is 0 Å². The van der Waals surface area contributed by atoms with Crippen molar-refractivity contribution in [3.8, 4) is 0 Å². The topological polar surface area (TPSA) is 70.2 Å². The molecule has 6 nitrogen and oxygen atoms in total. The van der Waals surface area contributed by atoms with Gasteiger partial charge < -0.3 is 19.9 Å². The lowest BCUT2D eigenvalue weighted by atomic mass is 10.1. The molecule has 24 heavy (non-hydrogen) atoms. The van der Waals surface area contributed by atoms with Crippen LogP contribution in [0.15, 0.2) is 24.5 Å². The van der Waals surface area contributed by atoms with Gasteiger partial charge in [-0.15, -0.1) is 0 Å². The Morgan fingerprint density at radius 1 is 1.50 bits per heavy atom. The van der Waals surface area contributed by atoms with E-state index < -0.39 is 5.60 Å². The molecule has 2 aromatic heterocycles. The first-order valence-electron chi connectivity index (χ1n) is 8.55. The van der Waals surface area contributed by atoms with Crippen LogP contribution >= 0.6 is 0 Å². The van der Waals surface area contributed by atoms with Gasteiger partial charge in [-0.3, -0.25) is 0 Å². The number of H-pyrrole nitrogens is 1. The van der Waals surface area contributed by atoms with Crippen LogP contribution in [0.2, 0.25) is 0 Å². The summed E-state index contributed by atoms with van der Waals surface area (Å²) in [5, 5.41) is 4.71. The molecule has 1 fully saturated rings. The van der Waals surface area contributed by atoms with E-state index >= 15 is 0 Å². The molecule has 0 saturated carbocycles. The lowest BCUT2D eigenvalue weighted by Crippen LogP contribution is -2.49. The summed E-state index contributed by atoms with van der Waals surface area (Å²) >= 11 is 0. The fraction of sp³-hybridized carbons (Fsp3) is 0.556. The molecule has 1 unspecified atom stereocenters. The first-order chi connectivity index (χ1) is 11.4. The van der Waals surface area contributed by atoms with Gasteiger partial charge in [-0.05, 0) is 51.3 Å². The predicted octanol–water partition coefficient (Wildman–Crippen LogP) is 3.05. The third-order valence-electron chi connectivity index (χ3n) is 4.19. The molecular formula is C18H26N4O2. The molecule has 130 valence electrons. The highest BCUT2D eigenvalue weighted by Crippen LogP contribution is 2.18. The largest absolute Gasteiger partial charge is 0.444 e. The number of likely N-dealkylation sites (tertiary alicyclic amines) is 1. The van der Waals surface area contributed by atoms with Crippen molar-refractivity contribution in [2.24, 2.45) is 0 Å². The van der Waals surface area contributed by atoms with Gasteiger partial charge in [-0.1, -0.05) is 0 Å². The number of aromatic amines is 1. The number of hydrogen-bond acceptors (Lipinski definition) is 4. The van der Waals surface area contributed by atoms with Crippen molar-refractivity contribution < 1.29 is 9.53 Å². The fourth-order valence-corrected chi connectivity index (χ4v) is 3.05. The molecule has 0 aliphatic carbocycles. The molecule has 0 radical (unpaired) electrons. The molecular weight excluding hydrogens is 304 g/mol. The molecule has 1 amide bonds. The van der Waals surface area contributed by atoms with Crippen molar-refractivity contribution in [2.45, 2.75) is 51.8 Å². The number of hydrogen-bond donors (Lipinski definition) is 2. The van der Waals surface area contributed by atoms with Gasteiger partial charge in [-0.25, -0.2) is 9.78 Å². The van der Waals surface area contributed by atoms with Crippen LogP contribution in [0.5, 0.6) is 0 Å². The molecule has 1 atom stereocenters. The number of carbonyl (C=O) groups excluding carboxylic acids is 1. The van der Waals surface area contributed by atoms with Gasteiger partial charge in [0.2, 0.25) is 0 Å². The van der Waals surface area contributed by atoms with Crippen molar-refractivity contribution in [2.75, 3.05) is 13.1 Å². The van der Waals surface area contributed by atoms with E-state index in [0.717, 1.165) is 37.0 Å². The number of nitrogens with zero attached hydrogens (tertiary/aromatic N) is 2. The van der Waals surface area contributed by atoms with Crippen LogP contribution in [-0.4, -0.2) is 45.7 Å². The standard InChI is InChI=1S/C18H26N4O2/c1-18(2,3)24-17(23)22-9-5-6-14(12-22)20-10-13-11-21-16-15(13)7-4-8-19-16/h4,7-8,11,14,20H,5-6,9-10,12H2,1-3H3,(H,19,21). The minimum Gasteiger partial charge on any atom is -0.444 e. The van der Waals surface area contributed by atoms with E-state index in [9.17, 15) is 4.79 Å². The second-order valence-corrected chi connectivity index (χ2v) is 7.36. The Morgan fingerprint density at radius 3 is 3.12 bits per heavy atom. The Kier molecular flexibility index (Phi) is 4.76. The first kappa shape index (κ1) is 16.8. The van der Waals surface area contributed by atoms with Crippen molar-refractivity contribution in [1.29, 1.82) is 0 Å². The zero-order chi connectivity index (χ0) is 17.2. The molecule has 3 rings (SSSR count). The summed E-state index contributed by atoms with van der Waals surface area (Å²) in [5.74, 6) is 0. The summed E-state index contributed by atoms with van der Waals surface area (Å²) < 4.78 is 5.48. The highest BCUT2D eigenvalue weighted by molar-refractivity contribution is 5.79. The summed E-state index contributed by atoms with van der Waals surface area (Å²) in [7, 11) is 0. The molecule has 6 heteroatoms. The number of carbonyl (C=O) groups is 1. The van der Waals surface area contributed by atoms with Crippen LogP contribution in [0.1, 0.15) is 39.2 Å². The number of pyridine rings is 1. The van der Waals surface area contributed by atoms with E-state index in [1.807, 2.05) is 37.9 Å². The van der Waals surface area contributed by atoms with E-state index in [0.29, 0.717) is 6.54 Å². The number of rotatable bonds is 3. The average molecular weight is 330 g/mol. The van der Waals surface area contributed by atoms with Gasteiger partial charge >= 0.3 is 6.09 Å². The number of fused-ring (bicyclic) bond motifs is 1. The number of ether oxygens (including phenoxy) is 1. The Morgan fingerprint density at radius 2 is 2.33 bits per heavy atom. The van der Waals surface area contributed by atoms with Crippen molar-refractivity contribution in [1.82, 2.24) is 20.2 Å². The van der Waals surface area contributed by atoms with E-state index in [2.05, 4.69) is 21.4 Å². The smallest absolute Gasteiger partial charge is 0.410 e. The Bertz CT molecular complexity index is 704. The van der Waals surface area contributed by atoms with E-state index in [1.54, 1.807) is 6.20 Å². The minimum atomic E-state index is -0.450. The Labute approximate surface area is 142 Å².